The van der Waals surface area contributed by atoms with Gasteiger partial charge in [-0.2, -0.15) is 0 Å². The summed E-state index contributed by atoms with van der Waals surface area (Å²) in [7, 11) is 2.02. The van der Waals surface area contributed by atoms with E-state index in [1.165, 1.54) is 55.6 Å². The van der Waals surface area contributed by atoms with Gasteiger partial charge in [-0.15, -0.1) is 0 Å². The van der Waals surface area contributed by atoms with Crippen molar-refractivity contribution in [1.29, 1.82) is 0 Å². The Balaban J connectivity index is 1.18. The normalized spacial score (nSPS) is 13.4. The predicted octanol–water partition coefficient (Wildman–Crippen LogP) is 9.99. The Bertz CT molecular complexity index is 2110. The number of fused-ring (bicyclic) bond motifs is 12. The highest BCUT2D eigenvalue weighted by molar-refractivity contribution is 5.41. The van der Waals surface area contributed by atoms with Crippen LogP contribution in [0, 0.1) is 0 Å². The van der Waals surface area contributed by atoms with Gasteiger partial charge in [0.25, 0.3) is 0 Å². The Kier molecular flexibility index (Phi) is 9.23. The van der Waals surface area contributed by atoms with Gasteiger partial charge in [-0.3, -0.25) is 0 Å². The van der Waals surface area contributed by atoms with Crippen molar-refractivity contribution in [3.05, 3.63) is 231 Å². The molecule has 3 nitrogen and oxygen atoms in total. The van der Waals surface area contributed by atoms with Crippen molar-refractivity contribution < 1.29 is 4.74 Å². The van der Waals surface area contributed by atoms with Crippen molar-refractivity contribution >= 4 is 0 Å². The predicted molar refractivity (Wildman–Crippen MR) is 203 cm³/mol. The van der Waals surface area contributed by atoms with Gasteiger partial charge in [0.15, 0.2) is 0 Å². The molecule has 12 bridgehead atoms. The van der Waals surface area contributed by atoms with Gasteiger partial charge in [0.05, 0.1) is 0 Å². The first-order valence-corrected chi connectivity index (χ1v) is 17.7. The van der Waals surface area contributed by atoms with Gasteiger partial charge >= 0.3 is 0 Å². The van der Waals surface area contributed by atoms with Crippen molar-refractivity contribution in [3.63, 3.8) is 0 Å². The number of benzene rings is 6. The molecule has 0 amide bonds. The number of rotatable bonds is 3. The Morgan fingerprint density at radius 1 is 0.480 bits per heavy atom. The first kappa shape index (κ1) is 31.7. The van der Waals surface area contributed by atoms with Crippen LogP contribution < -0.4 is 0 Å². The fourth-order valence-corrected chi connectivity index (χ4v) is 7.39. The van der Waals surface area contributed by atoms with Crippen LogP contribution in [0.1, 0.15) is 78.7 Å². The van der Waals surface area contributed by atoms with Gasteiger partial charge in [-0.05, 0) is 98.9 Å². The van der Waals surface area contributed by atoms with E-state index in [0.29, 0.717) is 6.61 Å². The molecule has 0 saturated carbocycles. The number of aryl methyl sites for hydroxylation is 1. The van der Waals surface area contributed by atoms with E-state index in [9.17, 15) is 0 Å². The molecule has 0 spiro atoms. The van der Waals surface area contributed by atoms with Crippen LogP contribution >= 0.6 is 0 Å². The molecule has 1 heterocycles. The molecule has 0 saturated heterocycles. The summed E-state index contributed by atoms with van der Waals surface area (Å²) in [5, 5.41) is 0. The Morgan fingerprint density at radius 2 is 0.800 bits per heavy atom. The lowest BCUT2D eigenvalue weighted by Crippen LogP contribution is -2.10. The number of imidazole rings is 1. The van der Waals surface area contributed by atoms with Gasteiger partial charge < -0.3 is 9.30 Å². The number of hydrogen-bond donors (Lipinski definition) is 0. The van der Waals surface area contributed by atoms with Crippen molar-refractivity contribution in [1.82, 2.24) is 9.55 Å². The molecule has 7 aromatic rings. The average Bonchev–Trinajstić information content (AvgIpc) is 3.53. The lowest BCUT2D eigenvalue weighted by atomic mass is 9.93. The van der Waals surface area contributed by atoms with E-state index >= 15 is 0 Å². The second-order valence-electron chi connectivity index (χ2n) is 13.8. The zero-order valence-electron chi connectivity index (χ0n) is 28.6. The van der Waals surface area contributed by atoms with Gasteiger partial charge in [0.1, 0.15) is 18.5 Å². The maximum absolute atomic E-state index is 6.75. The van der Waals surface area contributed by atoms with E-state index in [1.807, 2.05) is 24.0 Å². The molecule has 6 aromatic carbocycles. The Labute approximate surface area is 295 Å². The third-order valence-corrected chi connectivity index (χ3v) is 9.81. The van der Waals surface area contributed by atoms with Crippen LogP contribution in [0.3, 0.4) is 0 Å². The number of aromatic nitrogens is 2. The lowest BCUT2D eigenvalue weighted by molar-refractivity contribution is 0.0608. The summed E-state index contributed by atoms with van der Waals surface area (Å²) in [6.07, 6.45) is 8.05. The fourth-order valence-electron chi connectivity index (χ4n) is 7.39. The number of ether oxygens (including phenoxy) is 1. The quantitative estimate of drug-likeness (QED) is 0.190. The largest absolute Gasteiger partial charge is 0.361 e. The summed E-state index contributed by atoms with van der Waals surface area (Å²) >= 11 is 0. The van der Waals surface area contributed by atoms with E-state index in [4.69, 9.17) is 4.74 Å². The molecule has 8 rings (SSSR count). The number of hydrogen-bond acceptors (Lipinski definition) is 2. The standard InChI is InChI=1S/C47H42N2O/c1-49-21-20-48-46(49)33-50-47-44-18-6-16-42(31-44)29-40-14-4-12-38(27-40)25-36-10-2-8-34(23-36)22-35-9-3-11-37(24-35)26-39-13-5-15-41(28-39)30-43-17-7-19-45(47)32-43/h2-21,23-24,27-28,31-32,47H,22,25-26,29-30,33H2,1H3. The zero-order valence-corrected chi connectivity index (χ0v) is 28.6. The maximum Gasteiger partial charge on any atom is 0.134 e. The molecule has 0 unspecified atom stereocenters. The van der Waals surface area contributed by atoms with E-state index in [-0.39, 0.29) is 6.10 Å². The minimum Gasteiger partial charge on any atom is -0.361 e. The summed E-state index contributed by atoms with van der Waals surface area (Å²) in [5.74, 6) is 0.909. The summed E-state index contributed by atoms with van der Waals surface area (Å²) in [5.41, 5.74) is 15.6. The summed E-state index contributed by atoms with van der Waals surface area (Å²) in [6.45, 7) is 0.426. The van der Waals surface area contributed by atoms with Crippen molar-refractivity contribution in [2.45, 2.75) is 44.8 Å². The molecule has 1 aliphatic carbocycles. The summed E-state index contributed by atoms with van der Waals surface area (Å²) < 4.78 is 8.78. The molecular formula is C47H42N2O. The molecule has 0 N–H and O–H groups in total. The summed E-state index contributed by atoms with van der Waals surface area (Å²) in [6, 6.07) is 54.2. The van der Waals surface area contributed by atoms with E-state index in [0.717, 1.165) is 49.1 Å². The minimum absolute atomic E-state index is 0.227. The van der Waals surface area contributed by atoms with Crippen LogP contribution in [0.5, 0.6) is 0 Å². The average molecular weight is 651 g/mol. The van der Waals surface area contributed by atoms with Gasteiger partial charge in [0.2, 0.25) is 0 Å². The first-order valence-electron chi connectivity index (χ1n) is 17.7. The molecule has 3 heteroatoms. The lowest BCUT2D eigenvalue weighted by Gasteiger charge is -2.21. The van der Waals surface area contributed by atoms with Gasteiger partial charge in [-0.1, -0.05) is 146 Å². The van der Waals surface area contributed by atoms with Crippen molar-refractivity contribution in [3.8, 4) is 0 Å². The Morgan fingerprint density at radius 3 is 1.12 bits per heavy atom. The summed E-state index contributed by atoms with van der Waals surface area (Å²) in [4.78, 5) is 4.54. The van der Waals surface area contributed by atoms with E-state index in [1.54, 1.807) is 0 Å². The Hall–Kier alpha value is -5.51. The fraction of sp³-hybridized carbons (Fsp3) is 0.170. The molecule has 246 valence electrons. The molecule has 0 radical (unpaired) electrons. The van der Waals surface area contributed by atoms with Crippen LogP contribution in [-0.2, 0) is 50.5 Å². The van der Waals surface area contributed by atoms with Crippen LogP contribution in [0.25, 0.3) is 0 Å². The molecule has 1 aromatic heterocycles. The van der Waals surface area contributed by atoms with Crippen LogP contribution in [0.2, 0.25) is 0 Å². The monoisotopic (exact) mass is 650 g/mol. The first-order chi connectivity index (χ1) is 24.6. The maximum atomic E-state index is 6.75. The molecule has 50 heavy (non-hydrogen) atoms. The van der Waals surface area contributed by atoms with Crippen molar-refractivity contribution in [2.75, 3.05) is 0 Å². The van der Waals surface area contributed by atoms with Gasteiger partial charge in [-0.25, -0.2) is 4.98 Å². The third kappa shape index (κ3) is 7.70. The van der Waals surface area contributed by atoms with E-state index < -0.39 is 0 Å². The van der Waals surface area contributed by atoms with Crippen molar-refractivity contribution in [2.24, 2.45) is 7.05 Å². The molecular weight excluding hydrogens is 609 g/mol. The molecule has 0 aliphatic heterocycles. The topological polar surface area (TPSA) is 27.1 Å². The van der Waals surface area contributed by atoms with E-state index in [2.05, 4.69) is 151 Å². The molecule has 0 fully saturated rings. The number of nitrogens with zero attached hydrogens (tertiary/aromatic N) is 2. The second kappa shape index (κ2) is 14.5. The highest BCUT2D eigenvalue weighted by Gasteiger charge is 2.18. The highest BCUT2D eigenvalue weighted by atomic mass is 16.5. The van der Waals surface area contributed by atoms with Crippen LogP contribution in [-0.4, -0.2) is 9.55 Å². The second-order valence-corrected chi connectivity index (χ2v) is 13.8. The van der Waals surface area contributed by atoms with Crippen LogP contribution in [0.15, 0.2) is 158 Å². The zero-order chi connectivity index (χ0) is 33.7. The smallest absolute Gasteiger partial charge is 0.134 e. The highest BCUT2D eigenvalue weighted by Crippen LogP contribution is 2.30. The molecule has 1 aliphatic rings. The third-order valence-electron chi connectivity index (χ3n) is 9.81. The van der Waals surface area contributed by atoms with Crippen LogP contribution in [0.4, 0.5) is 0 Å². The SMILES string of the molecule is Cn1ccnc1COC1c2cccc(c2)Cc2cccc(c2)Cc2cccc(c2)Cc2cccc(c2)Cc2cccc(c2)Cc2cccc1c2. The van der Waals surface area contributed by atoms with Gasteiger partial charge in [0, 0.05) is 19.4 Å². The molecule has 0 atom stereocenters. The minimum atomic E-state index is -0.227.